The second kappa shape index (κ2) is 5.54. The summed E-state index contributed by atoms with van der Waals surface area (Å²) in [6, 6.07) is 7.14. The highest BCUT2D eigenvalue weighted by Gasteiger charge is 2.22. The second-order valence-electron chi connectivity index (χ2n) is 5.10. The first-order valence-corrected chi connectivity index (χ1v) is 6.66. The molecule has 0 amide bonds. The molecule has 0 aliphatic heterocycles. The first-order valence-electron chi connectivity index (χ1n) is 6.66. The van der Waals surface area contributed by atoms with E-state index in [2.05, 4.69) is 44.3 Å². The summed E-state index contributed by atoms with van der Waals surface area (Å²) in [4.78, 5) is 0. The molecule has 2 nitrogen and oxygen atoms in total. The number of hydrogen-bond acceptors (Lipinski definition) is 2. The third kappa shape index (κ3) is 3.74. The molecule has 1 aromatic rings. The number of benzene rings is 1. The van der Waals surface area contributed by atoms with Crippen LogP contribution in [0.25, 0.3) is 0 Å². The van der Waals surface area contributed by atoms with Crippen molar-refractivity contribution in [2.45, 2.75) is 52.2 Å². The van der Waals surface area contributed by atoms with Crippen molar-refractivity contribution < 1.29 is 4.74 Å². The fraction of sp³-hybridized carbons (Fsp3) is 0.600. The van der Waals surface area contributed by atoms with E-state index >= 15 is 0 Å². The van der Waals surface area contributed by atoms with Gasteiger partial charge in [0.2, 0.25) is 0 Å². The van der Waals surface area contributed by atoms with Crippen LogP contribution in [0, 0.1) is 13.8 Å². The molecule has 94 valence electrons. The van der Waals surface area contributed by atoms with Gasteiger partial charge in [-0.05, 0) is 44.7 Å². The Hall–Kier alpha value is -1.02. The van der Waals surface area contributed by atoms with Gasteiger partial charge in [0.15, 0.2) is 0 Å². The van der Waals surface area contributed by atoms with Gasteiger partial charge in [0, 0.05) is 12.6 Å². The summed E-state index contributed by atoms with van der Waals surface area (Å²) in [6.07, 6.45) is 4.00. The molecule has 1 unspecified atom stereocenters. The maximum absolute atomic E-state index is 6.07. The molecule has 1 aromatic carbocycles. The average molecular weight is 233 g/mol. The van der Waals surface area contributed by atoms with Crippen molar-refractivity contribution >= 4 is 0 Å². The fourth-order valence-corrected chi connectivity index (χ4v) is 1.97. The molecular weight excluding hydrogens is 210 g/mol. The Morgan fingerprint density at radius 1 is 1.35 bits per heavy atom. The topological polar surface area (TPSA) is 21.3 Å². The zero-order chi connectivity index (χ0) is 12.3. The molecule has 1 aliphatic carbocycles. The van der Waals surface area contributed by atoms with Crippen LogP contribution in [0.2, 0.25) is 0 Å². The monoisotopic (exact) mass is 233 g/mol. The van der Waals surface area contributed by atoms with Gasteiger partial charge in [0.05, 0.1) is 0 Å². The summed E-state index contributed by atoms with van der Waals surface area (Å²) in [7, 11) is 0. The zero-order valence-electron chi connectivity index (χ0n) is 11.1. The van der Waals surface area contributed by atoms with E-state index in [-0.39, 0.29) is 6.10 Å². The summed E-state index contributed by atoms with van der Waals surface area (Å²) in [5.41, 5.74) is 2.52. The minimum Gasteiger partial charge on any atom is -0.489 e. The minimum absolute atomic E-state index is 0.289. The molecule has 2 rings (SSSR count). The van der Waals surface area contributed by atoms with Crippen molar-refractivity contribution in [3.63, 3.8) is 0 Å². The second-order valence-corrected chi connectivity index (χ2v) is 5.10. The van der Waals surface area contributed by atoms with Crippen LogP contribution in [0.3, 0.4) is 0 Å². The molecule has 2 heteroatoms. The molecule has 0 radical (unpaired) electrons. The normalized spacial score (nSPS) is 16.9. The molecule has 17 heavy (non-hydrogen) atoms. The third-order valence-corrected chi connectivity index (χ3v) is 3.29. The van der Waals surface area contributed by atoms with Gasteiger partial charge in [-0.1, -0.05) is 24.6 Å². The highest BCUT2D eigenvalue weighted by molar-refractivity contribution is 5.35. The van der Waals surface area contributed by atoms with Crippen molar-refractivity contribution in [1.29, 1.82) is 0 Å². The number of ether oxygens (including phenoxy) is 1. The van der Waals surface area contributed by atoms with Crippen LogP contribution in [-0.4, -0.2) is 18.7 Å². The van der Waals surface area contributed by atoms with E-state index in [0.29, 0.717) is 0 Å². The summed E-state index contributed by atoms with van der Waals surface area (Å²) in [5.74, 6) is 1.03. The lowest BCUT2D eigenvalue weighted by Crippen LogP contribution is -2.32. The SMILES string of the molecule is CCC(CNC1CC1)Oc1ccc(C)cc1C. The van der Waals surface area contributed by atoms with Crippen LogP contribution < -0.4 is 10.1 Å². The summed E-state index contributed by atoms with van der Waals surface area (Å²) < 4.78 is 6.07. The number of hydrogen-bond donors (Lipinski definition) is 1. The predicted molar refractivity (Wildman–Crippen MR) is 71.6 cm³/mol. The van der Waals surface area contributed by atoms with Gasteiger partial charge in [-0.3, -0.25) is 0 Å². The Morgan fingerprint density at radius 3 is 2.71 bits per heavy atom. The molecular formula is C15H23NO. The van der Waals surface area contributed by atoms with Crippen LogP contribution in [0.15, 0.2) is 18.2 Å². The van der Waals surface area contributed by atoms with Crippen LogP contribution in [0.1, 0.15) is 37.3 Å². The van der Waals surface area contributed by atoms with E-state index in [1.54, 1.807) is 0 Å². The van der Waals surface area contributed by atoms with Gasteiger partial charge >= 0.3 is 0 Å². The zero-order valence-corrected chi connectivity index (χ0v) is 11.1. The largest absolute Gasteiger partial charge is 0.489 e. The van der Waals surface area contributed by atoms with Gasteiger partial charge in [-0.2, -0.15) is 0 Å². The Labute approximate surface area is 104 Å². The Morgan fingerprint density at radius 2 is 2.12 bits per heavy atom. The van der Waals surface area contributed by atoms with Crippen LogP contribution in [-0.2, 0) is 0 Å². The lowest BCUT2D eigenvalue weighted by atomic mass is 10.1. The Balaban J connectivity index is 1.91. The van der Waals surface area contributed by atoms with Crippen LogP contribution in [0.4, 0.5) is 0 Å². The van der Waals surface area contributed by atoms with Gasteiger partial charge in [0.25, 0.3) is 0 Å². The highest BCUT2D eigenvalue weighted by atomic mass is 16.5. The van der Waals surface area contributed by atoms with Gasteiger partial charge in [0.1, 0.15) is 11.9 Å². The van der Waals surface area contributed by atoms with E-state index in [1.807, 2.05) is 0 Å². The molecule has 0 aromatic heterocycles. The van der Waals surface area contributed by atoms with E-state index in [9.17, 15) is 0 Å². The minimum atomic E-state index is 0.289. The highest BCUT2D eigenvalue weighted by Crippen LogP contribution is 2.22. The quantitative estimate of drug-likeness (QED) is 0.814. The Bertz CT molecular complexity index is 371. The van der Waals surface area contributed by atoms with E-state index in [4.69, 9.17) is 4.74 Å². The smallest absolute Gasteiger partial charge is 0.122 e. The maximum atomic E-state index is 6.07. The molecule has 0 spiro atoms. The van der Waals surface area contributed by atoms with E-state index in [0.717, 1.165) is 24.8 Å². The summed E-state index contributed by atoms with van der Waals surface area (Å²) in [5, 5.41) is 3.53. The molecule has 0 bridgehead atoms. The molecule has 1 fully saturated rings. The molecule has 0 heterocycles. The van der Waals surface area contributed by atoms with Crippen molar-refractivity contribution in [2.75, 3.05) is 6.54 Å². The number of rotatable bonds is 6. The van der Waals surface area contributed by atoms with Crippen LogP contribution in [0.5, 0.6) is 5.75 Å². The molecule has 1 atom stereocenters. The van der Waals surface area contributed by atoms with Crippen molar-refractivity contribution in [2.24, 2.45) is 0 Å². The van der Waals surface area contributed by atoms with Crippen molar-refractivity contribution in [1.82, 2.24) is 5.32 Å². The van der Waals surface area contributed by atoms with Gasteiger partial charge in [-0.25, -0.2) is 0 Å². The first kappa shape index (κ1) is 12.4. The molecule has 1 N–H and O–H groups in total. The third-order valence-electron chi connectivity index (χ3n) is 3.29. The molecule has 0 saturated heterocycles. The van der Waals surface area contributed by atoms with Gasteiger partial charge < -0.3 is 10.1 Å². The maximum Gasteiger partial charge on any atom is 0.122 e. The average Bonchev–Trinajstić information content (AvgIpc) is 3.11. The fourth-order valence-electron chi connectivity index (χ4n) is 1.97. The summed E-state index contributed by atoms with van der Waals surface area (Å²) in [6.45, 7) is 7.38. The lowest BCUT2D eigenvalue weighted by Gasteiger charge is -2.19. The molecule has 1 aliphatic rings. The van der Waals surface area contributed by atoms with Crippen molar-refractivity contribution in [3.05, 3.63) is 29.3 Å². The first-order chi connectivity index (χ1) is 8.19. The van der Waals surface area contributed by atoms with Gasteiger partial charge in [-0.15, -0.1) is 0 Å². The summed E-state index contributed by atoms with van der Waals surface area (Å²) >= 11 is 0. The lowest BCUT2D eigenvalue weighted by molar-refractivity contribution is 0.191. The number of nitrogens with one attached hydrogen (secondary N) is 1. The van der Waals surface area contributed by atoms with Crippen molar-refractivity contribution in [3.8, 4) is 5.75 Å². The van der Waals surface area contributed by atoms with Crippen LogP contribution >= 0.6 is 0 Å². The Kier molecular flexibility index (Phi) is 4.06. The van der Waals surface area contributed by atoms with E-state index < -0.39 is 0 Å². The number of aryl methyl sites for hydroxylation is 2. The standard InChI is InChI=1S/C15H23NO/c1-4-14(10-16-13-6-7-13)17-15-8-5-11(2)9-12(15)3/h5,8-9,13-14,16H,4,6-7,10H2,1-3H3. The van der Waals surface area contributed by atoms with E-state index in [1.165, 1.54) is 24.0 Å². The predicted octanol–water partition coefficient (Wildman–Crippen LogP) is 3.21. The molecule has 1 saturated carbocycles.